The number of aromatic amines is 1. The number of H-pyrrole nitrogens is 1. The highest BCUT2D eigenvalue weighted by molar-refractivity contribution is 5.78. The van der Waals surface area contributed by atoms with E-state index in [-0.39, 0.29) is 23.6 Å². The minimum atomic E-state index is -0.114. The molecule has 0 atom stereocenters. The van der Waals surface area contributed by atoms with E-state index >= 15 is 0 Å². The lowest BCUT2D eigenvalue weighted by Gasteiger charge is -2.39. The van der Waals surface area contributed by atoms with Gasteiger partial charge in [0.2, 0.25) is 0 Å². The number of benzene rings is 1. The van der Waals surface area contributed by atoms with Crippen LogP contribution in [0.5, 0.6) is 5.75 Å². The van der Waals surface area contributed by atoms with Crippen molar-refractivity contribution in [3.05, 3.63) is 45.9 Å². The fraction of sp³-hybridized carbons (Fsp3) is 0.522. The van der Waals surface area contributed by atoms with Gasteiger partial charge in [-0.15, -0.1) is 0 Å². The lowest BCUT2D eigenvalue weighted by Crippen LogP contribution is -2.45. The zero-order valence-electron chi connectivity index (χ0n) is 17.4. The van der Waals surface area contributed by atoms with Gasteiger partial charge >= 0.3 is 0 Å². The van der Waals surface area contributed by atoms with Gasteiger partial charge in [-0.05, 0) is 44.7 Å². The average molecular weight is 409 g/mol. The maximum Gasteiger partial charge on any atom is 0.258 e. The molecule has 7 nitrogen and oxygen atoms in total. The van der Waals surface area contributed by atoms with Gasteiger partial charge in [-0.3, -0.25) is 14.5 Å². The van der Waals surface area contributed by atoms with E-state index in [2.05, 4.69) is 15.2 Å². The van der Waals surface area contributed by atoms with E-state index in [4.69, 9.17) is 9.72 Å². The Hall–Kier alpha value is -2.67. The summed E-state index contributed by atoms with van der Waals surface area (Å²) in [5.41, 5.74) is 2.37. The molecule has 0 unspecified atom stereocenters. The molecule has 1 aromatic heterocycles. The predicted molar refractivity (Wildman–Crippen MR) is 113 cm³/mol. The van der Waals surface area contributed by atoms with Crippen LogP contribution in [-0.4, -0.2) is 45.5 Å². The number of rotatable bonds is 6. The largest absolute Gasteiger partial charge is 0.484 e. The summed E-state index contributed by atoms with van der Waals surface area (Å²) in [4.78, 5) is 34.9. The Kier molecular flexibility index (Phi) is 4.85. The molecule has 2 N–H and O–H groups in total. The van der Waals surface area contributed by atoms with Gasteiger partial charge in [0.1, 0.15) is 11.6 Å². The molecule has 2 aliphatic carbocycles. The highest BCUT2D eigenvalue weighted by Gasteiger charge is 2.38. The molecule has 7 heteroatoms. The Morgan fingerprint density at radius 2 is 2.20 bits per heavy atom. The van der Waals surface area contributed by atoms with Crippen LogP contribution in [0.3, 0.4) is 0 Å². The van der Waals surface area contributed by atoms with Crippen molar-refractivity contribution in [3.63, 3.8) is 0 Å². The second-order valence-corrected chi connectivity index (χ2v) is 9.07. The van der Waals surface area contributed by atoms with Crippen LogP contribution in [0.1, 0.15) is 50.3 Å². The quantitative estimate of drug-likeness (QED) is 0.766. The second kappa shape index (κ2) is 7.54. The summed E-state index contributed by atoms with van der Waals surface area (Å²) >= 11 is 0. The molecule has 0 bridgehead atoms. The molecule has 1 aromatic carbocycles. The van der Waals surface area contributed by atoms with Gasteiger partial charge in [-0.2, -0.15) is 0 Å². The van der Waals surface area contributed by atoms with E-state index in [9.17, 15) is 9.59 Å². The van der Waals surface area contributed by atoms with Gasteiger partial charge in [-0.1, -0.05) is 18.6 Å². The molecule has 2 saturated carbocycles. The molecule has 0 saturated heterocycles. The lowest BCUT2D eigenvalue weighted by molar-refractivity contribution is -0.123. The van der Waals surface area contributed by atoms with Crippen molar-refractivity contribution in [1.29, 1.82) is 0 Å². The highest BCUT2D eigenvalue weighted by Crippen LogP contribution is 2.34. The topological polar surface area (TPSA) is 87.3 Å². The minimum absolute atomic E-state index is 0.0236. The fourth-order valence-corrected chi connectivity index (χ4v) is 4.21. The summed E-state index contributed by atoms with van der Waals surface area (Å²) in [6, 6.07) is 8.00. The number of nitrogens with zero attached hydrogens (tertiary/aromatic N) is 2. The van der Waals surface area contributed by atoms with Crippen molar-refractivity contribution in [2.45, 2.75) is 63.6 Å². The Morgan fingerprint density at radius 3 is 2.93 bits per heavy atom. The molecule has 3 aliphatic rings. The summed E-state index contributed by atoms with van der Waals surface area (Å²) in [6.45, 7) is 3.67. The molecule has 5 rings (SSSR count). The smallest absolute Gasteiger partial charge is 0.258 e. The maximum absolute atomic E-state index is 12.8. The molecule has 0 spiro atoms. The Morgan fingerprint density at radius 1 is 1.37 bits per heavy atom. The summed E-state index contributed by atoms with van der Waals surface area (Å²) in [5, 5.41) is 2.98. The average Bonchev–Trinajstić information content (AvgIpc) is 3.42. The summed E-state index contributed by atoms with van der Waals surface area (Å²) in [6.07, 6.45) is 6.61. The van der Waals surface area contributed by atoms with E-state index in [1.54, 1.807) is 0 Å². The van der Waals surface area contributed by atoms with E-state index in [0.29, 0.717) is 24.2 Å². The van der Waals surface area contributed by atoms with Crippen LogP contribution in [0.25, 0.3) is 11.4 Å². The van der Waals surface area contributed by atoms with Crippen LogP contribution in [0, 0.1) is 0 Å². The number of aromatic nitrogens is 2. The molecular weight excluding hydrogens is 380 g/mol. The van der Waals surface area contributed by atoms with Crippen molar-refractivity contribution in [1.82, 2.24) is 20.2 Å². The van der Waals surface area contributed by atoms with Crippen LogP contribution >= 0.6 is 0 Å². The summed E-state index contributed by atoms with van der Waals surface area (Å²) in [5.74, 6) is 1.02. The van der Waals surface area contributed by atoms with Crippen molar-refractivity contribution in [2.24, 2.45) is 0 Å². The highest BCUT2D eigenvalue weighted by atomic mass is 16.5. The zero-order chi connectivity index (χ0) is 20.7. The molecule has 30 heavy (non-hydrogen) atoms. The minimum Gasteiger partial charge on any atom is -0.484 e. The number of fused-ring (bicyclic) bond motifs is 1. The maximum atomic E-state index is 12.8. The predicted octanol–water partition coefficient (Wildman–Crippen LogP) is 2.39. The molecule has 1 aliphatic heterocycles. The SMILES string of the molecule is CC1(NC(=O)COc2cccc(-c3nc4c(c(=O)[nH]3)CN(C3CCC3)CC4)c2)CC1. The normalized spacial score (nSPS) is 20.2. The Labute approximate surface area is 175 Å². The van der Waals surface area contributed by atoms with Crippen molar-refractivity contribution >= 4 is 5.91 Å². The van der Waals surface area contributed by atoms with E-state index in [0.717, 1.165) is 42.6 Å². The molecule has 2 fully saturated rings. The van der Waals surface area contributed by atoms with Crippen molar-refractivity contribution in [3.8, 4) is 17.1 Å². The summed E-state index contributed by atoms with van der Waals surface area (Å²) < 4.78 is 5.67. The molecule has 0 radical (unpaired) electrons. The first-order chi connectivity index (χ1) is 14.5. The van der Waals surface area contributed by atoms with Crippen molar-refractivity contribution < 1.29 is 9.53 Å². The van der Waals surface area contributed by atoms with Crippen LogP contribution < -0.4 is 15.6 Å². The molecule has 1 amide bonds. The van der Waals surface area contributed by atoms with Crippen LogP contribution in [0.15, 0.2) is 29.1 Å². The monoisotopic (exact) mass is 408 g/mol. The van der Waals surface area contributed by atoms with Crippen LogP contribution in [0.4, 0.5) is 0 Å². The van der Waals surface area contributed by atoms with Crippen molar-refractivity contribution in [2.75, 3.05) is 13.2 Å². The fourth-order valence-electron chi connectivity index (χ4n) is 4.21. The lowest BCUT2D eigenvalue weighted by atomic mass is 9.89. The molecular formula is C23H28N4O3. The number of carbonyl (C=O) groups is 1. The zero-order valence-corrected chi connectivity index (χ0v) is 17.4. The van der Waals surface area contributed by atoms with E-state index < -0.39 is 0 Å². The number of nitrogens with one attached hydrogen (secondary N) is 2. The van der Waals surface area contributed by atoms with Gasteiger partial charge in [0.15, 0.2) is 6.61 Å². The van der Waals surface area contributed by atoms with Gasteiger partial charge in [0.05, 0.1) is 11.3 Å². The summed E-state index contributed by atoms with van der Waals surface area (Å²) in [7, 11) is 0. The third-order valence-corrected chi connectivity index (χ3v) is 6.61. The first-order valence-corrected chi connectivity index (χ1v) is 10.9. The third-order valence-electron chi connectivity index (χ3n) is 6.61. The van der Waals surface area contributed by atoms with Gasteiger partial charge in [0, 0.05) is 36.7 Å². The number of ether oxygens (including phenoxy) is 1. The van der Waals surface area contributed by atoms with Gasteiger partial charge in [-0.25, -0.2) is 4.98 Å². The number of amides is 1. The first kappa shape index (κ1) is 19.3. The first-order valence-electron chi connectivity index (χ1n) is 10.9. The van der Waals surface area contributed by atoms with Crippen LogP contribution in [-0.2, 0) is 17.8 Å². The van der Waals surface area contributed by atoms with Crippen LogP contribution in [0.2, 0.25) is 0 Å². The Balaban J connectivity index is 1.30. The van der Waals surface area contributed by atoms with Gasteiger partial charge in [0.25, 0.3) is 11.5 Å². The van der Waals surface area contributed by atoms with Gasteiger partial charge < -0.3 is 15.0 Å². The molecule has 158 valence electrons. The third kappa shape index (κ3) is 3.99. The molecule has 2 aromatic rings. The van der Waals surface area contributed by atoms with E-state index in [1.165, 1.54) is 19.3 Å². The Bertz CT molecular complexity index is 1020. The number of hydrogen-bond donors (Lipinski definition) is 2. The van der Waals surface area contributed by atoms with E-state index in [1.807, 2.05) is 31.2 Å². The second-order valence-electron chi connectivity index (χ2n) is 9.07. The standard InChI is InChI=1S/C23H28N4O3/c1-23(9-10-23)26-20(28)14-30-17-7-2-4-15(12-17)21-24-19-8-11-27(16-5-3-6-16)13-18(19)22(29)25-21/h2,4,7,12,16H,3,5-6,8-11,13-14H2,1H3,(H,26,28)(H,24,25,29). The number of carbonyl (C=O) groups excluding carboxylic acids is 1. The number of hydrogen-bond acceptors (Lipinski definition) is 5. The molecule has 2 heterocycles.